The number of nitrogens with zero attached hydrogens (tertiary/aromatic N) is 5. The van der Waals surface area contributed by atoms with Crippen molar-refractivity contribution in [2.24, 2.45) is 0 Å². The summed E-state index contributed by atoms with van der Waals surface area (Å²) in [7, 11) is 0. The molecule has 5 nitrogen and oxygen atoms in total. The van der Waals surface area contributed by atoms with Crippen LogP contribution in [0.2, 0.25) is 5.02 Å². The molecule has 4 rings (SSSR count). The third kappa shape index (κ3) is 3.06. The van der Waals surface area contributed by atoms with Gasteiger partial charge >= 0.3 is 0 Å². The minimum atomic E-state index is 0.683. The van der Waals surface area contributed by atoms with E-state index in [9.17, 15) is 0 Å². The van der Waals surface area contributed by atoms with Gasteiger partial charge in [0.2, 0.25) is 0 Å². The lowest BCUT2D eigenvalue weighted by Crippen LogP contribution is -2.03. The third-order valence-electron chi connectivity index (χ3n) is 4.12. The number of aromatic nitrogens is 5. The minimum Gasteiger partial charge on any atom is -0.303 e. The van der Waals surface area contributed by atoms with Crippen molar-refractivity contribution in [1.82, 2.24) is 24.5 Å². The van der Waals surface area contributed by atoms with Gasteiger partial charge in [-0.1, -0.05) is 32.7 Å². The van der Waals surface area contributed by atoms with E-state index in [-0.39, 0.29) is 0 Å². The van der Waals surface area contributed by atoms with Crippen molar-refractivity contribution < 1.29 is 0 Å². The SMILES string of the molecule is Cc1cn(-c2ccc(Br)cc2-c2cnnn2-c2ccc(Cl)cc2)c(C)n1. The second kappa shape index (κ2) is 6.70. The first-order chi connectivity index (χ1) is 12.5. The number of hydrogen-bond donors (Lipinski definition) is 0. The zero-order chi connectivity index (χ0) is 18.3. The van der Waals surface area contributed by atoms with Crippen molar-refractivity contribution in [3.63, 3.8) is 0 Å². The molecule has 2 aromatic heterocycles. The second-order valence-electron chi connectivity index (χ2n) is 5.97. The van der Waals surface area contributed by atoms with Crippen LogP contribution in [0, 0.1) is 13.8 Å². The maximum absolute atomic E-state index is 6.01. The van der Waals surface area contributed by atoms with Gasteiger partial charge in [0.1, 0.15) is 5.82 Å². The van der Waals surface area contributed by atoms with Crippen molar-refractivity contribution in [2.45, 2.75) is 13.8 Å². The summed E-state index contributed by atoms with van der Waals surface area (Å²) in [6, 6.07) is 13.7. The monoisotopic (exact) mass is 427 g/mol. The summed E-state index contributed by atoms with van der Waals surface area (Å²) in [5.74, 6) is 0.927. The lowest BCUT2D eigenvalue weighted by molar-refractivity contribution is 0.807. The van der Waals surface area contributed by atoms with E-state index < -0.39 is 0 Å². The quantitative estimate of drug-likeness (QED) is 0.453. The van der Waals surface area contributed by atoms with Crippen LogP contribution in [-0.2, 0) is 0 Å². The molecule has 2 aromatic carbocycles. The molecule has 7 heteroatoms. The van der Waals surface area contributed by atoms with Gasteiger partial charge in [-0.2, -0.15) is 0 Å². The van der Waals surface area contributed by atoms with Crippen LogP contribution in [0.25, 0.3) is 22.6 Å². The van der Waals surface area contributed by atoms with E-state index in [0.29, 0.717) is 5.02 Å². The van der Waals surface area contributed by atoms with Gasteiger partial charge in [-0.15, -0.1) is 5.10 Å². The van der Waals surface area contributed by atoms with E-state index in [1.54, 1.807) is 10.9 Å². The molecule has 0 saturated carbocycles. The maximum Gasteiger partial charge on any atom is 0.110 e. The van der Waals surface area contributed by atoms with Gasteiger partial charge in [0, 0.05) is 21.3 Å². The topological polar surface area (TPSA) is 48.5 Å². The number of aryl methyl sites for hydroxylation is 2. The fourth-order valence-electron chi connectivity index (χ4n) is 2.98. The summed E-state index contributed by atoms with van der Waals surface area (Å²) >= 11 is 9.59. The molecule has 0 aliphatic carbocycles. The first-order valence-corrected chi connectivity index (χ1v) is 9.19. The fraction of sp³-hybridized carbons (Fsp3) is 0.105. The Hall–Kier alpha value is -2.44. The molecule has 0 spiro atoms. The predicted molar refractivity (Wildman–Crippen MR) is 106 cm³/mol. The van der Waals surface area contributed by atoms with Crippen molar-refractivity contribution in [2.75, 3.05) is 0 Å². The van der Waals surface area contributed by atoms with Crippen LogP contribution in [0.4, 0.5) is 0 Å². The molecule has 0 aliphatic rings. The molecule has 2 heterocycles. The molecule has 130 valence electrons. The molecular weight excluding hydrogens is 414 g/mol. The summed E-state index contributed by atoms with van der Waals surface area (Å²) in [6.07, 6.45) is 3.79. The van der Waals surface area contributed by atoms with Crippen molar-refractivity contribution in [1.29, 1.82) is 0 Å². The fourth-order valence-corrected chi connectivity index (χ4v) is 3.46. The molecule has 0 N–H and O–H groups in total. The van der Waals surface area contributed by atoms with E-state index >= 15 is 0 Å². The smallest absolute Gasteiger partial charge is 0.110 e. The molecule has 0 radical (unpaired) electrons. The number of hydrogen-bond acceptors (Lipinski definition) is 3. The van der Waals surface area contributed by atoms with E-state index in [2.05, 4.69) is 47.9 Å². The summed E-state index contributed by atoms with van der Waals surface area (Å²) in [6.45, 7) is 3.98. The molecule has 4 aromatic rings. The molecule has 26 heavy (non-hydrogen) atoms. The molecule has 0 saturated heterocycles. The molecule has 0 fully saturated rings. The average molecular weight is 429 g/mol. The molecule has 0 unspecified atom stereocenters. The number of imidazole rings is 1. The Labute approximate surface area is 164 Å². The predicted octanol–water partition coefficient (Wildman–Crippen LogP) is 5.15. The Morgan fingerprint density at radius 3 is 2.50 bits per heavy atom. The van der Waals surface area contributed by atoms with Gasteiger partial charge in [-0.05, 0) is 56.3 Å². The van der Waals surface area contributed by atoms with Gasteiger partial charge < -0.3 is 4.57 Å². The zero-order valence-corrected chi connectivity index (χ0v) is 16.5. The van der Waals surface area contributed by atoms with E-state index in [4.69, 9.17) is 11.6 Å². The highest BCUT2D eigenvalue weighted by Crippen LogP contribution is 2.31. The van der Waals surface area contributed by atoms with Crippen LogP contribution >= 0.6 is 27.5 Å². The zero-order valence-electron chi connectivity index (χ0n) is 14.2. The highest BCUT2D eigenvalue weighted by atomic mass is 79.9. The summed E-state index contributed by atoms with van der Waals surface area (Å²) in [4.78, 5) is 4.52. The number of halogens is 2. The van der Waals surface area contributed by atoms with E-state index in [0.717, 1.165) is 38.6 Å². The molecule has 0 atom stereocenters. The van der Waals surface area contributed by atoms with Gasteiger partial charge in [-0.25, -0.2) is 9.67 Å². The lowest BCUT2D eigenvalue weighted by Gasteiger charge is -2.14. The van der Waals surface area contributed by atoms with Crippen LogP contribution in [0.5, 0.6) is 0 Å². The van der Waals surface area contributed by atoms with E-state index in [1.165, 1.54) is 0 Å². The van der Waals surface area contributed by atoms with E-state index in [1.807, 2.05) is 50.4 Å². The van der Waals surface area contributed by atoms with Crippen LogP contribution in [0.3, 0.4) is 0 Å². The Morgan fingerprint density at radius 1 is 1.04 bits per heavy atom. The Kier molecular flexibility index (Phi) is 4.38. The summed E-state index contributed by atoms with van der Waals surface area (Å²) in [5, 5.41) is 9.08. The average Bonchev–Trinajstić information content (AvgIpc) is 3.22. The Balaban J connectivity index is 1.92. The van der Waals surface area contributed by atoms with Crippen molar-refractivity contribution >= 4 is 27.5 Å². The second-order valence-corrected chi connectivity index (χ2v) is 7.32. The van der Waals surface area contributed by atoms with Gasteiger partial charge in [0.15, 0.2) is 0 Å². The maximum atomic E-state index is 6.01. The van der Waals surface area contributed by atoms with Crippen molar-refractivity contribution in [3.05, 3.63) is 75.9 Å². The van der Waals surface area contributed by atoms with Gasteiger partial charge in [0.05, 0.1) is 29.0 Å². The summed E-state index contributed by atoms with van der Waals surface area (Å²) in [5.41, 5.74) is 4.77. The standard InChI is InChI=1S/C19H15BrClN5/c1-12-11-25(13(2)23-12)18-8-3-14(20)9-17(18)19-10-22-24-26(19)16-6-4-15(21)5-7-16/h3-11H,1-2H3. The van der Waals surface area contributed by atoms with Crippen LogP contribution in [0.1, 0.15) is 11.5 Å². The summed E-state index contributed by atoms with van der Waals surface area (Å²) < 4.78 is 4.87. The van der Waals surface area contributed by atoms with Gasteiger partial charge in [0.25, 0.3) is 0 Å². The molecule has 0 amide bonds. The third-order valence-corrected chi connectivity index (χ3v) is 4.86. The highest BCUT2D eigenvalue weighted by Gasteiger charge is 2.16. The Bertz CT molecular complexity index is 1080. The normalized spacial score (nSPS) is 11.1. The van der Waals surface area contributed by atoms with Crippen LogP contribution < -0.4 is 0 Å². The largest absolute Gasteiger partial charge is 0.303 e. The van der Waals surface area contributed by atoms with Crippen molar-refractivity contribution in [3.8, 4) is 22.6 Å². The molecular formula is C19H15BrClN5. The Morgan fingerprint density at radius 2 is 1.81 bits per heavy atom. The van der Waals surface area contributed by atoms with Crippen LogP contribution in [0.15, 0.2) is 59.3 Å². The lowest BCUT2D eigenvalue weighted by atomic mass is 10.1. The van der Waals surface area contributed by atoms with Gasteiger partial charge in [-0.3, -0.25) is 0 Å². The number of benzene rings is 2. The number of rotatable bonds is 3. The first-order valence-electron chi connectivity index (χ1n) is 8.02. The van der Waals surface area contributed by atoms with Crippen LogP contribution in [-0.4, -0.2) is 24.5 Å². The minimum absolute atomic E-state index is 0.683. The molecule has 0 bridgehead atoms. The first kappa shape index (κ1) is 17.0. The molecule has 0 aliphatic heterocycles. The highest BCUT2D eigenvalue weighted by molar-refractivity contribution is 9.10.